The number of aromatic amines is 1. The summed E-state index contributed by atoms with van der Waals surface area (Å²) in [4.78, 5) is 22.4. The molecule has 4 aromatic heterocycles. The van der Waals surface area contributed by atoms with Gasteiger partial charge in [0.1, 0.15) is 4.83 Å². The standard InChI is InChI=1S/C16H14N6O4S2/c1-7-12(21-26-22(7)24)14-20-19-10(25-14)6-27-16-17-13(23)11-8-4-2-3-5-9(8)28-15(11)18-16/h2-6H2,1H3,(H,17,18,23). The molecule has 1 aliphatic carbocycles. The van der Waals surface area contributed by atoms with E-state index in [1.165, 1.54) is 16.6 Å². The molecule has 0 spiro atoms. The molecule has 5 rings (SSSR count). The summed E-state index contributed by atoms with van der Waals surface area (Å²) in [6.07, 6.45) is 4.25. The number of rotatable bonds is 4. The molecule has 0 atom stereocenters. The molecule has 28 heavy (non-hydrogen) atoms. The molecule has 0 fully saturated rings. The minimum absolute atomic E-state index is 0.101. The van der Waals surface area contributed by atoms with Crippen LogP contribution in [-0.2, 0) is 18.6 Å². The molecule has 0 saturated heterocycles. The Labute approximate surface area is 165 Å². The molecular formula is C16H14N6O4S2. The fourth-order valence-electron chi connectivity index (χ4n) is 3.24. The van der Waals surface area contributed by atoms with Crippen LogP contribution in [0.2, 0.25) is 0 Å². The highest BCUT2D eigenvalue weighted by Crippen LogP contribution is 2.34. The molecule has 144 valence electrons. The van der Waals surface area contributed by atoms with Crippen LogP contribution in [-0.4, -0.2) is 25.3 Å². The number of hydrogen-bond donors (Lipinski definition) is 1. The van der Waals surface area contributed by atoms with E-state index in [9.17, 15) is 10.0 Å². The lowest BCUT2D eigenvalue weighted by Crippen LogP contribution is -2.25. The van der Waals surface area contributed by atoms with Crippen molar-refractivity contribution in [3.05, 3.63) is 37.6 Å². The van der Waals surface area contributed by atoms with Crippen molar-refractivity contribution in [1.82, 2.24) is 25.3 Å². The smallest absolute Gasteiger partial charge is 0.307 e. The minimum atomic E-state index is -0.101. The van der Waals surface area contributed by atoms with Gasteiger partial charge < -0.3 is 14.6 Å². The van der Waals surface area contributed by atoms with Gasteiger partial charge in [0.2, 0.25) is 11.6 Å². The number of aryl methyl sites for hydroxylation is 2. The fraction of sp³-hybridized carbons (Fsp3) is 0.375. The zero-order valence-electron chi connectivity index (χ0n) is 14.7. The quantitative estimate of drug-likeness (QED) is 0.300. The van der Waals surface area contributed by atoms with Crippen LogP contribution in [0.15, 0.2) is 19.0 Å². The molecule has 0 aliphatic heterocycles. The summed E-state index contributed by atoms with van der Waals surface area (Å²) in [6, 6.07) is 0. The average molecular weight is 418 g/mol. The lowest BCUT2D eigenvalue weighted by atomic mass is 9.97. The summed E-state index contributed by atoms with van der Waals surface area (Å²) >= 11 is 2.91. The maximum Gasteiger partial charge on any atom is 0.307 e. The van der Waals surface area contributed by atoms with Crippen LogP contribution in [0.5, 0.6) is 0 Å². The highest BCUT2D eigenvalue weighted by molar-refractivity contribution is 7.98. The van der Waals surface area contributed by atoms with Gasteiger partial charge in [-0.3, -0.25) is 9.42 Å². The second-order valence-corrected chi connectivity index (χ2v) is 8.46. The first-order valence-corrected chi connectivity index (χ1v) is 10.5. The highest BCUT2D eigenvalue weighted by atomic mass is 32.2. The SMILES string of the molecule is Cc1c(-c2nnc(CSc3nc4sc5c(c4c(=O)[nH]3)CCCC5)o2)no[n+]1[O-]. The van der Waals surface area contributed by atoms with Crippen LogP contribution >= 0.6 is 23.1 Å². The van der Waals surface area contributed by atoms with E-state index >= 15 is 0 Å². The van der Waals surface area contributed by atoms with E-state index in [0.717, 1.165) is 41.5 Å². The van der Waals surface area contributed by atoms with Crippen molar-refractivity contribution in [2.45, 2.75) is 43.5 Å². The third-order valence-electron chi connectivity index (χ3n) is 4.63. The van der Waals surface area contributed by atoms with Crippen LogP contribution in [0.1, 0.15) is 34.9 Å². The van der Waals surface area contributed by atoms with Crippen LogP contribution in [0, 0.1) is 12.1 Å². The van der Waals surface area contributed by atoms with Crippen molar-refractivity contribution in [1.29, 1.82) is 0 Å². The van der Waals surface area contributed by atoms with E-state index in [2.05, 4.69) is 30.0 Å². The molecule has 0 radical (unpaired) electrons. The van der Waals surface area contributed by atoms with Crippen molar-refractivity contribution in [2.75, 3.05) is 0 Å². The van der Waals surface area contributed by atoms with Gasteiger partial charge in [0, 0.05) is 11.8 Å². The maximum atomic E-state index is 12.6. The van der Waals surface area contributed by atoms with Crippen LogP contribution in [0.4, 0.5) is 0 Å². The Balaban J connectivity index is 1.38. The Kier molecular flexibility index (Phi) is 4.16. The zero-order chi connectivity index (χ0) is 19.3. The molecular weight excluding hydrogens is 404 g/mol. The van der Waals surface area contributed by atoms with Gasteiger partial charge >= 0.3 is 5.69 Å². The van der Waals surface area contributed by atoms with E-state index in [-0.39, 0.29) is 27.7 Å². The lowest BCUT2D eigenvalue weighted by molar-refractivity contribution is -0.806. The largest absolute Gasteiger partial charge is 0.417 e. The molecule has 1 aliphatic rings. The third kappa shape index (κ3) is 2.88. The molecule has 0 aromatic carbocycles. The first-order valence-electron chi connectivity index (χ1n) is 8.66. The lowest BCUT2D eigenvalue weighted by Gasteiger charge is -2.09. The van der Waals surface area contributed by atoms with Gasteiger partial charge in [-0.2, -0.15) is 0 Å². The highest BCUT2D eigenvalue weighted by Gasteiger charge is 2.23. The van der Waals surface area contributed by atoms with Crippen LogP contribution in [0.3, 0.4) is 0 Å². The molecule has 4 aromatic rings. The van der Waals surface area contributed by atoms with Gasteiger partial charge in [0.15, 0.2) is 5.16 Å². The summed E-state index contributed by atoms with van der Waals surface area (Å²) in [5.41, 5.74) is 1.50. The average Bonchev–Trinajstić information content (AvgIpc) is 3.38. The summed E-state index contributed by atoms with van der Waals surface area (Å²) in [6.45, 7) is 1.54. The van der Waals surface area contributed by atoms with Crippen molar-refractivity contribution >= 4 is 33.3 Å². The van der Waals surface area contributed by atoms with Crippen molar-refractivity contribution in [2.24, 2.45) is 0 Å². The Morgan fingerprint density at radius 3 is 3.00 bits per heavy atom. The Morgan fingerprint density at radius 2 is 2.18 bits per heavy atom. The van der Waals surface area contributed by atoms with Crippen LogP contribution in [0.25, 0.3) is 21.8 Å². The molecule has 4 heterocycles. The van der Waals surface area contributed by atoms with Crippen LogP contribution < -0.4 is 10.5 Å². The maximum absolute atomic E-state index is 12.6. The minimum Gasteiger partial charge on any atom is -0.417 e. The van der Waals surface area contributed by atoms with E-state index < -0.39 is 0 Å². The van der Waals surface area contributed by atoms with E-state index in [1.807, 2.05) is 0 Å². The van der Waals surface area contributed by atoms with Gasteiger partial charge in [-0.15, -0.1) is 21.5 Å². The molecule has 1 N–H and O–H groups in total. The molecule has 0 amide bonds. The number of thiophene rings is 1. The molecule has 0 saturated carbocycles. The number of hydrogen-bond acceptors (Lipinski definition) is 10. The van der Waals surface area contributed by atoms with Gasteiger partial charge in [0.25, 0.3) is 11.4 Å². The second kappa shape index (κ2) is 6.71. The predicted molar refractivity (Wildman–Crippen MR) is 99.9 cm³/mol. The Morgan fingerprint density at radius 1 is 1.32 bits per heavy atom. The van der Waals surface area contributed by atoms with Crippen molar-refractivity contribution in [3.63, 3.8) is 0 Å². The Bertz CT molecular complexity index is 1240. The second-order valence-electron chi connectivity index (χ2n) is 6.42. The molecule has 10 nitrogen and oxygen atoms in total. The summed E-state index contributed by atoms with van der Waals surface area (Å²) in [5.74, 6) is 0.753. The third-order valence-corrected chi connectivity index (χ3v) is 6.67. The number of nitrogens with zero attached hydrogens (tertiary/aromatic N) is 5. The van der Waals surface area contributed by atoms with E-state index in [1.54, 1.807) is 18.3 Å². The van der Waals surface area contributed by atoms with E-state index in [0.29, 0.717) is 16.8 Å². The van der Waals surface area contributed by atoms with Crippen molar-refractivity contribution < 1.29 is 13.9 Å². The van der Waals surface area contributed by atoms with Gasteiger partial charge in [-0.1, -0.05) is 11.8 Å². The first kappa shape index (κ1) is 17.4. The van der Waals surface area contributed by atoms with Gasteiger partial charge in [0.05, 0.1) is 16.3 Å². The number of H-pyrrole nitrogens is 1. The molecule has 0 bridgehead atoms. The normalized spacial score (nSPS) is 13.9. The number of aromatic nitrogens is 6. The van der Waals surface area contributed by atoms with Gasteiger partial charge in [-0.25, -0.2) is 4.98 Å². The topological polar surface area (TPSA) is 138 Å². The molecule has 0 unspecified atom stereocenters. The number of nitrogens with one attached hydrogen (secondary N) is 1. The van der Waals surface area contributed by atoms with E-state index in [4.69, 9.17) is 4.42 Å². The van der Waals surface area contributed by atoms with Gasteiger partial charge in [-0.05, 0) is 36.1 Å². The van der Waals surface area contributed by atoms with Crippen molar-refractivity contribution in [3.8, 4) is 11.6 Å². The zero-order valence-corrected chi connectivity index (χ0v) is 16.4. The first-order chi connectivity index (χ1) is 13.6. The summed E-state index contributed by atoms with van der Waals surface area (Å²) < 4.78 is 10.0. The summed E-state index contributed by atoms with van der Waals surface area (Å²) in [7, 11) is 0. The monoisotopic (exact) mass is 418 g/mol. The number of thioether (sulfide) groups is 1. The molecule has 12 heteroatoms. The number of fused-ring (bicyclic) bond motifs is 3. The fourth-order valence-corrected chi connectivity index (χ4v) is 5.25. The predicted octanol–water partition coefficient (Wildman–Crippen LogP) is 2.14. The Hall–Kier alpha value is -2.73. The summed E-state index contributed by atoms with van der Waals surface area (Å²) in [5, 5.41) is 24.0.